The van der Waals surface area contributed by atoms with Crippen molar-refractivity contribution in [3.05, 3.63) is 53.3 Å². The zero-order valence-corrected chi connectivity index (χ0v) is 19.0. The first kappa shape index (κ1) is 24.7. The Bertz CT molecular complexity index is 824. The maximum Gasteiger partial charge on any atom is 0.227 e. The number of carbonyl (C=O) groups excluding carboxylic acids is 1. The fourth-order valence-corrected chi connectivity index (χ4v) is 4.81. The fourth-order valence-electron chi connectivity index (χ4n) is 4.58. The monoisotopic (exact) mass is 471 g/mol. The van der Waals surface area contributed by atoms with Crippen molar-refractivity contribution in [2.45, 2.75) is 44.8 Å². The number of nitrogens with one attached hydrogen (secondary N) is 1. The molecule has 3 N–H and O–H groups in total. The summed E-state index contributed by atoms with van der Waals surface area (Å²) in [7, 11) is 0. The van der Waals surface area contributed by atoms with Crippen molar-refractivity contribution in [3.63, 3.8) is 0 Å². The molecular weight excluding hydrogens is 445 g/mol. The summed E-state index contributed by atoms with van der Waals surface area (Å²) < 4.78 is 5.74. The second-order valence-corrected chi connectivity index (χ2v) is 8.35. The summed E-state index contributed by atoms with van der Waals surface area (Å²) in [5.41, 5.74) is 7.86. The summed E-state index contributed by atoms with van der Waals surface area (Å²) in [6.45, 7) is 0.345. The average molecular weight is 473 g/mol. The summed E-state index contributed by atoms with van der Waals surface area (Å²) in [6.07, 6.45) is 7.05. The Labute approximate surface area is 194 Å². The van der Waals surface area contributed by atoms with Crippen LogP contribution in [0, 0.1) is 17.8 Å². The van der Waals surface area contributed by atoms with Crippen LogP contribution in [-0.2, 0) is 11.4 Å². The molecule has 2 aromatic rings. The standard InChI is InChI=1S/C22H26ClN3O2.2ClH/c23-19-12-17(7-8-20(19)28-13-18-6-1-2-9-25-18)26-22(27)16-10-14-4-3-5-15(11-16)21(14)24;;/h1-2,6-9,12,14-16,21H,3-5,10-11,13,24H2,(H,26,27);2*1H. The maximum absolute atomic E-state index is 12.8. The first-order valence-electron chi connectivity index (χ1n) is 9.99. The van der Waals surface area contributed by atoms with E-state index in [1.807, 2.05) is 24.3 Å². The molecule has 2 fully saturated rings. The van der Waals surface area contributed by atoms with E-state index in [1.54, 1.807) is 18.3 Å². The molecule has 2 saturated carbocycles. The number of benzene rings is 1. The van der Waals surface area contributed by atoms with E-state index >= 15 is 0 Å². The minimum atomic E-state index is 0. The largest absolute Gasteiger partial charge is 0.486 e. The van der Waals surface area contributed by atoms with E-state index in [4.69, 9.17) is 22.1 Å². The van der Waals surface area contributed by atoms with Crippen LogP contribution >= 0.6 is 36.4 Å². The summed E-state index contributed by atoms with van der Waals surface area (Å²) in [5, 5.41) is 3.49. The predicted molar refractivity (Wildman–Crippen MR) is 125 cm³/mol. The highest BCUT2D eigenvalue weighted by Gasteiger charge is 2.40. The minimum absolute atomic E-state index is 0. The Balaban J connectivity index is 0.00000160. The van der Waals surface area contributed by atoms with Crippen LogP contribution in [0.4, 0.5) is 5.69 Å². The van der Waals surface area contributed by atoms with Crippen LogP contribution in [0.2, 0.25) is 5.02 Å². The van der Waals surface area contributed by atoms with E-state index < -0.39 is 0 Å². The number of halogens is 3. The smallest absolute Gasteiger partial charge is 0.227 e. The Morgan fingerprint density at radius 2 is 1.90 bits per heavy atom. The third kappa shape index (κ3) is 5.79. The third-order valence-corrected chi connectivity index (χ3v) is 6.38. The molecule has 0 radical (unpaired) electrons. The number of fused-ring (bicyclic) bond motifs is 2. The number of hydrogen-bond acceptors (Lipinski definition) is 4. The van der Waals surface area contributed by atoms with E-state index in [2.05, 4.69) is 10.3 Å². The molecule has 1 amide bonds. The van der Waals surface area contributed by atoms with Gasteiger partial charge in [-0.25, -0.2) is 0 Å². The third-order valence-electron chi connectivity index (χ3n) is 6.08. The number of ether oxygens (including phenoxy) is 1. The van der Waals surface area contributed by atoms with Crippen LogP contribution in [0.1, 0.15) is 37.8 Å². The van der Waals surface area contributed by atoms with Gasteiger partial charge in [-0.15, -0.1) is 24.8 Å². The van der Waals surface area contributed by atoms with Gasteiger partial charge in [0, 0.05) is 23.8 Å². The molecule has 0 spiro atoms. The predicted octanol–water partition coefficient (Wildman–Crippen LogP) is 5.25. The van der Waals surface area contributed by atoms with Crippen molar-refractivity contribution in [1.82, 2.24) is 4.98 Å². The molecule has 5 nitrogen and oxygen atoms in total. The van der Waals surface area contributed by atoms with E-state index in [1.165, 1.54) is 6.42 Å². The number of pyridine rings is 1. The summed E-state index contributed by atoms with van der Waals surface area (Å²) in [6, 6.07) is 11.3. The van der Waals surface area contributed by atoms with Gasteiger partial charge < -0.3 is 15.8 Å². The van der Waals surface area contributed by atoms with Crippen LogP contribution in [-0.4, -0.2) is 16.9 Å². The first-order valence-corrected chi connectivity index (χ1v) is 10.4. The van der Waals surface area contributed by atoms with Gasteiger partial charge in [-0.2, -0.15) is 0 Å². The molecule has 4 rings (SSSR count). The van der Waals surface area contributed by atoms with E-state index in [0.29, 0.717) is 34.9 Å². The number of hydrogen-bond donors (Lipinski definition) is 2. The number of nitrogens with zero attached hydrogens (tertiary/aromatic N) is 1. The van der Waals surface area contributed by atoms with Crippen molar-refractivity contribution < 1.29 is 9.53 Å². The lowest BCUT2D eigenvalue weighted by molar-refractivity contribution is -0.122. The first-order chi connectivity index (χ1) is 13.6. The topological polar surface area (TPSA) is 77.2 Å². The van der Waals surface area contributed by atoms with Gasteiger partial charge in [0.2, 0.25) is 5.91 Å². The number of anilines is 1. The van der Waals surface area contributed by atoms with Crippen LogP contribution < -0.4 is 15.8 Å². The molecule has 2 aliphatic carbocycles. The molecular formula is C22H28Cl3N3O2. The second-order valence-electron chi connectivity index (χ2n) is 7.94. The van der Waals surface area contributed by atoms with Crippen LogP contribution in [0.5, 0.6) is 5.75 Å². The van der Waals surface area contributed by atoms with Gasteiger partial charge >= 0.3 is 0 Å². The zero-order valence-electron chi connectivity index (χ0n) is 16.6. The van der Waals surface area contributed by atoms with Gasteiger partial charge in [0.1, 0.15) is 12.4 Å². The highest BCUT2D eigenvalue weighted by atomic mass is 35.5. The van der Waals surface area contributed by atoms with Crippen molar-refractivity contribution in [2.24, 2.45) is 23.5 Å². The molecule has 1 heterocycles. The van der Waals surface area contributed by atoms with Crippen molar-refractivity contribution in [2.75, 3.05) is 5.32 Å². The van der Waals surface area contributed by atoms with Gasteiger partial charge in [-0.3, -0.25) is 9.78 Å². The molecule has 164 valence electrons. The normalized spacial score (nSPS) is 24.7. The molecule has 0 saturated heterocycles. The number of amides is 1. The maximum atomic E-state index is 12.8. The highest BCUT2D eigenvalue weighted by Crippen LogP contribution is 2.42. The number of rotatable bonds is 5. The Morgan fingerprint density at radius 1 is 1.17 bits per heavy atom. The minimum Gasteiger partial charge on any atom is -0.486 e. The molecule has 2 aliphatic rings. The quantitative estimate of drug-likeness (QED) is 0.623. The van der Waals surface area contributed by atoms with Gasteiger partial charge in [0.05, 0.1) is 10.7 Å². The highest BCUT2D eigenvalue weighted by molar-refractivity contribution is 6.32. The van der Waals surface area contributed by atoms with Crippen LogP contribution in [0.3, 0.4) is 0 Å². The Kier molecular flexibility index (Phi) is 9.23. The van der Waals surface area contributed by atoms with Gasteiger partial charge in [0.15, 0.2) is 0 Å². The Hall–Kier alpha value is -1.53. The van der Waals surface area contributed by atoms with Crippen LogP contribution in [0.25, 0.3) is 0 Å². The van der Waals surface area contributed by atoms with Gasteiger partial charge in [0.25, 0.3) is 0 Å². The number of carbonyl (C=O) groups is 1. The molecule has 1 aromatic heterocycles. The average Bonchev–Trinajstić information content (AvgIpc) is 2.68. The molecule has 8 heteroatoms. The lowest BCUT2D eigenvalue weighted by Crippen LogP contribution is -2.48. The summed E-state index contributed by atoms with van der Waals surface area (Å²) in [5.74, 6) is 1.64. The molecule has 2 bridgehead atoms. The summed E-state index contributed by atoms with van der Waals surface area (Å²) >= 11 is 6.35. The second kappa shape index (κ2) is 11.2. The lowest BCUT2D eigenvalue weighted by atomic mass is 9.65. The van der Waals surface area contributed by atoms with Crippen molar-refractivity contribution in [3.8, 4) is 5.75 Å². The summed E-state index contributed by atoms with van der Waals surface area (Å²) in [4.78, 5) is 17.0. The fraction of sp³-hybridized carbons (Fsp3) is 0.455. The SMILES string of the molecule is Cl.Cl.NC1C2CCCC1CC(C(=O)Nc1ccc(OCc3ccccn3)c(Cl)c1)C2. The zero-order chi connectivity index (χ0) is 19.5. The molecule has 30 heavy (non-hydrogen) atoms. The van der Waals surface area contributed by atoms with Crippen molar-refractivity contribution >= 4 is 48.0 Å². The molecule has 2 unspecified atom stereocenters. The van der Waals surface area contributed by atoms with E-state index in [9.17, 15) is 4.79 Å². The molecule has 0 aliphatic heterocycles. The van der Waals surface area contributed by atoms with E-state index in [-0.39, 0.29) is 42.7 Å². The van der Waals surface area contributed by atoms with Crippen molar-refractivity contribution in [1.29, 1.82) is 0 Å². The molecule has 2 atom stereocenters. The van der Waals surface area contributed by atoms with Gasteiger partial charge in [-0.05, 0) is 67.9 Å². The van der Waals surface area contributed by atoms with Crippen LogP contribution in [0.15, 0.2) is 42.6 Å². The lowest BCUT2D eigenvalue weighted by Gasteiger charge is -2.43. The van der Waals surface area contributed by atoms with E-state index in [0.717, 1.165) is 31.4 Å². The number of nitrogens with two attached hydrogens (primary N) is 1. The Morgan fingerprint density at radius 3 is 2.53 bits per heavy atom. The van der Waals surface area contributed by atoms with Gasteiger partial charge in [-0.1, -0.05) is 24.1 Å². The molecule has 1 aromatic carbocycles. The number of aromatic nitrogens is 1.